The molecule has 4 atom stereocenters. The van der Waals surface area contributed by atoms with Gasteiger partial charge >= 0.3 is 0 Å². The Balaban J connectivity index is 2.88. The van der Waals surface area contributed by atoms with Crippen LogP contribution in [0.4, 0.5) is 0 Å². The van der Waals surface area contributed by atoms with Crippen LogP contribution in [-0.4, -0.2) is 44.3 Å². The molecule has 4 heteroatoms. The standard InChI is InChI=1S/C7H12O4/c1-7(11)5(9)3-2-4(8)6(7)10/h2-6,8-11H,1H3/t4-,5+,6-,7-/m0/s1. The molecule has 4 N–H and O–H groups in total. The molecule has 0 unspecified atom stereocenters. The van der Waals surface area contributed by atoms with E-state index in [9.17, 15) is 5.11 Å². The Morgan fingerprint density at radius 2 is 1.73 bits per heavy atom. The normalized spacial score (nSPS) is 51.2. The first-order chi connectivity index (χ1) is 4.96. The molecule has 1 aliphatic rings. The molecule has 0 heterocycles. The van der Waals surface area contributed by atoms with Crippen LogP contribution < -0.4 is 0 Å². The Hall–Kier alpha value is -0.420. The first-order valence-electron chi connectivity index (χ1n) is 3.41. The predicted octanol–water partition coefficient (Wildman–Crippen LogP) is -1.61. The minimum absolute atomic E-state index is 1.10. The minimum atomic E-state index is -1.66. The zero-order chi connectivity index (χ0) is 8.65. The lowest BCUT2D eigenvalue weighted by atomic mass is 9.84. The molecule has 0 radical (unpaired) electrons. The average molecular weight is 160 g/mol. The van der Waals surface area contributed by atoms with Gasteiger partial charge in [0.2, 0.25) is 0 Å². The van der Waals surface area contributed by atoms with Crippen molar-refractivity contribution in [1.29, 1.82) is 0 Å². The van der Waals surface area contributed by atoms with Crippen LogP contribution in [0, 0.1) is 0 Å². The SMILES string of the molecule is C[C@]1(O)[C@H](O)C=C[C@H](O)[C@@H]1O. The van der Waals surface area contributed by atoms with Gasteiger partial charge < -0.3 is 20.4 Å². The van der Waals surface area contributed by atoms with E-state index < -0.39 is 23.9 Å². The summed E-state index contributed by atoms with van der Waals surface area (Å²) >= 11 is 0. The molecule has 64 valence electrons. The highest BCUT2D eigenvalue weighted by Gasteiger charge is 2.42. The van der Waals surface area contributed by atoms with Crippen molar-refractivity contribution >= 4 is 0 Å². The summed E-state index contributed by atoms with van der Waals surface area (Å²) in [7, 11) is 0. The molecule has 0 saturated heterocycles. The van der Waals surface area contributed by atoms with Crippen molar-refractivity contribution in [2.75, 3.05) is 0 Å². The van der Waals surface area contributed by atoms with Crippen LogP contribution in [0.25, 0.3) is 0 Å². The van der Waals surface area contributed by atoms with Gasteiger partial charge in [-0.2, -0.15) is 0 Å². The van der Waals surface area contributed by atoms with Gasteiger partial charge in [0.05, 0.1) is 0 Å². The first-order valence-corrected chi connectivity index (χ1v) is 3.41. The molecule has 0 fully saturated rings. The van der Waals surface area contributed by atoms with Crippen molar-refractivity contribution in [2.45, 2.75) is 30.8 Å². The molecular formula is C7H12O4. The summed E-state index contributed by atoms with van der Waals surface area (Å²) in [6.07, 6.45) is -1.04. The van der Waals surface area contributed by atoms with Crippen LogP contribution in [0.3, 0.4) is 0 Å². The van der Waals surface area contributed by atoms with E-state index in [0.717, 1.165) is 0 Å². The molecule has 0 aliphatic heterocycles. The van der Waals surface area contributed by atoms with Crippen molar-refractivity contribution in [3.05, 3.63) is 12.2 Å². The first kappa shape index (κ1) is 8.67. The van der Waals surface area contributed by atoms with Crippen LogP contribution in [0.1, 0.15) is 6.92 Å². The lowest BCUT2D eigenvalue weighted by molar-refractivity contribution is -0.153. The van der Waals surface area contributed by atoms with Gasteiger partial charge in [-0.1, -0.05) is 12.2 Å². The van der Waals surface area contributed by atoms with Gasteiger partial charge in [0.25, 0.3) is 0 Å². The molecule has 0 bridgehead atoms. The van der Waals surface area contributed by atoms with Gasteiger partial charge in [0.1, 0.15) is 23.9 Å². The summed E-state index contributed by atoms with van der Waals surface area (Å²) in [4.78, 5) is 0. The third-order valence-electron chi connectivity index (χ3n) is 2.01. The van der Waals surface area contributed by atoms with E-state index in [-0.39, 0.29) is 0 Å². The molecule has 1 rings (SSSR count). The Bertz CT molecular complexity index is 175. The van der Waals surface area contributed by atoms with Crippen molar-refractivity contribution in [3.8, 4) is 0 Å². The van der Waals surface area contributed by atoms with Crippen LogP contribution in [0.2, 0.25) is 0 Å². The Morgan fingerprint density at radius 1 is 1.18 bits per heavy atom. The number of aliphatic hydroxyl groups is 4. The second-order valence-electron chi connectivity index (χ2n) is 2.99. The maximum Gasteiger partial charge on any atom is 0.120 e. The molecule has 0 amide bonds. The van der Waals surface area contributed by atoms with Gasteiger partial charge in [-0.05, 0) is 6.92 Å². The van der Waals surface area contributed by atoms with E-state index in [1.165, 1.54) is 19.1 Å². The molecule has 0 spiro atoms. The Labute approximate surface area is 64.4 Å². The number of aliphatic hydroxyl groups excluding tert-OH is 3. The van der Waals surface area contributed by atoms with E-state index in [4.69, 9.17) is 15.3 Å². The monoisotopic (exact) mass is 160 g/mol. The van der Waals surface area contributed by atoms with Crippen LogP contribution in [0.15, 0.2) is 12.2 Å². The van der Waals surface area contributed by atoms with Gasteiger partial charge in [0.15, 0.2) is 0 Å². The van der Waals surface area contributed by atoms with Crippen molar-refractivity contribution in [3.63, 3.8) is 0 Å². The molecule has 11 heavy (non-hydrogen) atoms. The smallest absolute Gasteiger partial charge is 0.120 e. The number of hydrogen-bond acceptors (Lipinski definition) is 4. The molecule has 0 aromatic carbocycles. The fraction of sp³-hybridized carbons (Fsp3) is 0.714. The third-order valence-corrected chi connectivity index (χ3v) is 2.01. The molecular weight excluding hydrogens is 148 g/mol. The van der Waals surface area contributed by atoms with E-state index in [0.29, 0.717) is 0 Å². The molecule has 0 aromatic rings. The van der Waals surface area contributed by atoms with Crippen molar-refractivity contribution < 1.29 is 20.4 Å². The van der Waals surface area contributed by atoms with Gasteiger partial charge in [0, 0.05) is 0 Å². The maximum atomic E-state index is 9.37. The summed E-state index contributed by atoms with van der Waals surface area (Å²) in [5.41, 5.74) is -1.66. The van der Waals surface area contributed by atoms with Crippen LogP contribution in [-0.2, 0) is 0 Å². The maximum absolute atomic E-state index is 9.37. The van der Waals surface area contributed by atoms with Gasteiger partial charge in [-0.15, -0.1) is 0 Å². The number of hydrogen-bond donors (Lipinski definition) is 4. The van der Waals surface area contributed by atoms with Gasteiger partial charge in [-0.3, -0.25) is 0 Å². The lowest BCUT2D eigenvalue weighted by Gasteiger charge is -2.37. The molecule has 0 saturated carbocycles. The minimum Gasteiger partial charge on any atom is -0.387 e. The zero-order valence-corrected chi connectivity index (χ0v) is 6.18. The zero-order valence-electron chi connectivity index (χ0n) is 6.18. The average Bonchev–Trinajstić information content (AvgIpc) is 1.95. The van der Waals surface area contributed by atoms with Gasteiger partial charge in [-0.25, -0.2) is 0 Å². The highest BCUT2D eigenvalue weighted by atomic mass is 16.4. The van der Waals surface area contributed by atoms with Crippen LogP contribution in [0.5, 0.6) is 0 Å². The van der Waals surface area contributed by atoms with E-state index >= 15 is 0 Å². The Kier molecular flexibility index (Phi) is 2.02. The quantitative estimate of drug-likeness (QED) is 0.321. The summed E-state index contributed by atoms with van der Waals surface area (Å²) in [6.45, 7) is 1.27. The van der Waals surface area contributed by atoms with E-state index in [1.54, 1.807) is 0 Å². The van der Waals surface area contributed by atoms with E-state index in [1.807, 2.05) is 0 Å². The molecule has 1 aliphatic carbocycles. The van der Waals surface area contributed by atoms with E-state index in [2.05, 4.69) is 0 Å². The fourth-order valence-electron chi connectivity index (χ4n) is 1.04. The topological polar surface area (TPSA) is 80.9 Å². The largest absolute Gasteiger partial charge is 0.387 e. The lowest BCUT2D eigenvalue weighted by Crippen LogP contribution is -2.55. The Morgan fingerprint density at radius 3 is 2.18 bits per heavy atom. The highest BCUT2D eigenvalue weighted by Crippen LogP contribution is 2.23. The number of rotatable bonds is 0. The second-order valence-corrected chi connectivity index (χ2v) is 2.99. The second kappa shape index (κ2) is 2.57. The molecule has 4 nitrogen and oxygen atoms in total. The summed E-state index contributed by atoms with van der Waals surface area (Å²) in [5, 5.41) is 36.7. The van der Waals surface area contributed by atoms with Crippen molar-refractivity contribution in [2.24, 2.45) is 0 Å². The summed E-state index contributed by atoms with van der Waals surface area (Å²) in [5.74, 6) is 0. The summed E-state index contributed by atoms with van der Waals surface area (Å²) in [6, 6.07) is 0. The highest BCUT2D eigenvalue weighted by molar-refractivity contribution is 5.13. The molecule has 0 aromatic heterocycles. The van der Waals surface area contributed by atoms with Crippen molar-refractivity contribution in [1.82, 2.24) is 0 Å². The third kappa shape index (κ3) is 1.30. The summed E-state index contributed by atoms with van der Waals surface area (Å²) < 4.78 is 0. The van der Waals surface area contributed by atoms with Crippen LogP contribution >= 0.6 is 0 Å². The predicted molar refractivity (Wildman–Crippen MR) is 37.8 cm³/mol. The fourth-order valence-corrected chi connectivity index (χ4v) is 1.04.